The van der Waals surface area contributed by atoms with Crippen LogP contribution in [-0.2, 0) is 14.3 Å². The van der Waals surface area contributed by atoms with Gasteiger partial charge in [-0.3, -0.25) is 4.79 Å². The minimum absolute atomic E-state index is 0.100. The number of ether oxygens (including phenoxy) is 4. The Kier molecular flexibility index (Phi) is 8.49. The molecule has 8 nitrogen and oxygen atoms in total. The fourth-order valence-corrected chi connectivity index (χ4v) is 2.73. The summed E-state index contributed by atoms with van der Waals surface area (Å²) in [5.74, 6) is -1.39. The number of hydrogen-bond acceptors (Lipinski definition) is 7. The van der Waals surface area contributed by atoms with E-state index in [1.54, 1.807) is 12.1 Å². The molecule has 0 saturated carbocycles. The molecule has 0 atom stereocenters. The number of anilines is 1. The second-order valence-corrected chi connectivity index (χ2v) is 6.41. The second kappa shape index (κ2) is 11.1. The first-order chi connectivity index (χ1) is 14.4. The molecule has 0 aliphatic heterocycles. The van der Waals surface area contributed by atoms with Crippen LogP contribution in [0.1, 0.15) is 34.1 Å². The molecular weight excluding hydrogens is 414 g/mol. The van der Waals surface area contributed by atoms with Crippen molar-refractivity contribution < 1.29 is 33.3 Å². The summed E-state index contributed by atoms with van der Waals surface area (Å²) >= 11 is 6.19. The van der Waals surface area contributed by atoms with Gasteiger partial charge < -0.3 is 24.3 Å². The summed E-state index contributed by atoms with van der Waals surface area (Å²) < 4.78 is 20.5. The van der Waals surface area contributed by atoms with Gasteiger partial charge in [0.15, 0.2) is 18.1 Å². The Bertz CT molecular complexity index is 930. The Morgan fingerprint density at radius 3 is 2.47 bits per heavy atom. The van der Waals surface area contributed by atoms with Crippen LogP contribution in [0.5, 0.6) is 11.5 Å². The highest BCUT2D eigenvalue weighted by atomic mass is 35.5. The number of amides is 1. The Morgan fingerprint density at radius 2 is 1.80 bits per heavy atom. The van der Waals surface area contributed by atoms with Crippen molar-refractivity contribution in [3.05, 3.63) is 52.5 Å². The maximum Gasteiger partial charge on any atom is 0.339 e. The molecule has 0 aliphatic carbocycles. The molecule has 160 valence electrons. The number of para-hydroxylation sites is 1. The van der Waals surface area contributed by atoms with Crippen LogP contribution in [-0.4, -0.2) is 45.3 Å². The number of benzene rings is 2. The molecule has 0 bridgehead atoms. The summed E-state index contributed by atoms with van der Waals surface area (Å²) in [5.41, 5.74) is 0.523. The first-order valence-electron chi connectivity index (χ1n) is 9.05. The van der Waals surface area contributed by atoms with E-state index in [2.05, 4.69) is 10.1 Å². The van der Waals surface area contributed by atoms with Gasteiger partial charge in [-0.1, -0.05) is 30.7 Å². The van der Waals surface area contributed by atoms with Crippen molar-refractivity contribution >= 4 is 35.1 Å². The fraction of sp³-hybridized carbons (Fsp3) is 0.286. The van der Waals surface area contributed by atoms with Crippen molar-refractivity contribution in [1.29, 1.82) is 0 Å². The number of rotatable bonds is 9. The van der Waals surface area contributed by atoms with E-state index < -0.39 is 24.5 Å². The van der Waals surface area contributed by atoms with Crippen LogP contribution in [0, 0.1) is 0 Å². The molecule has 0 heterocycles. The maximum absolute atomic E-state index is 12.3. The average Bonchev–Trinajstić information content (AvgIpc) is 2.75. The van der Waals surface area contributed by atoms with Gasteiger partial charge in [-0.05, 0) is 30.7 Å². The van der Waals surface area contributed by atoms with Gasteiger partial charge in [0, 0.05) is 0 Å². The summed E-state index contributed by atoms with van der Waals surface area (Å²) in [6, 6.07) is 9.11. The summed E-state index contributed by atoms with van der Waals surface area (Å²) in [5, 5.41) is 2.70. The topological polar surface area (TPSA) is 100 Å². The molecule has 1 amide bonds. The lowest BCUT2D eigenvalue weighted by Crippen LogP contribution is -2.22. The van der Waals surface area contributed by atoms with Crippen LogP contribution >= 0.6 is 11.6 Å². The molecule has 2 rings (SSSR count). The molecule has 0 aromatic heterocycles. The highest BCUT2D eigenvalue weighted by Crippen LogP contribution is 2.36. The smallest absolute Gasteiger partial charge is 0.339 e. The Hall–Kier alpha value is -3.26. The largest absolute Gasteiger partial charge is 0.493 e. The van der Waals surface area contributed by atoms with Crippen molar-refractivity contribution in [3.8, 4) is 11.5 Å². The number of halogens is 1. The lowest BCUT2D eigenvalue weighted by molar-refractivity contribution is -0.119. The Balaban J connectivity index is 2.05. The third-order valence-electron chi connectivity index (χ3n) is 3.86. The van der Waals surface area contributed by atoms with Crippen LogP contribution in [0.3, 0.4) is 0 Å². The lowest BCUT2D eigenvalue weighted by atomic mass is 10.2. The number of carbonyl (C=O) groups is 3. The van der Waals surface area contributed by atoms with Crippen LogP contribution in [0.25, 0.3) is 0 Å². The van der Waals surface area contributed by atoms with E-state index in [1.807, 2.05) is 6.92 Å². The monoisotopic (exact) mass is 435 g/mol. The third kappa shape index (κ3) is 5.87. The molecule has 0 spiro atoms. The first kappa shape index (κ1) is 23.0. The zero-order chi connectivity index (χ0) is 22.1. The normalized spacial score (nSPS) is 10.1. The van der Waals surface area contributed by atoms with E-state index in [-0.39, 0.29) is 27.6 Å². The van der Waals surface area contributed by atoms with Crippen molar-refractivity contribution in [2.24, 2.45) is 0 Å². The number of esters is 2. The standard InChI is InChI=1S/C21H22ClNO7/c1-4-9-29-19-15(22)10-13(11-17(19)27-2)20(25)30-12-18(24)23-16-8-6-5-7-14(16)21(26)28-3/h5-8,10-11H,4,9,12H2,1-3H3,(H,23,24). The molecule has 0 unspecified atom stereocenters. The van der Waals surface area contributed by atoms with Gasteiger partial charge in [0.2, 0.25) is 0 Å². The predicted molar refractivity (Wildman–Crippen MR) is 110 cm³/mol. The fourth-order valence-electron chi connectivity index (χ4n) is 2.46. The minimum Gasteiger partial charge on any atom is -0.493 e. The molecular formula is C21H22ClNO7. The van der Waals surface area contributed by atoms with Crippen LogP contribution in [0.15, 0.2) is 36.4 Å². The predicted octanol–water partition coefficient (Wildman–Crippen LogP) is 3.72. The zero-order valence-electron chi connectivity index (χ0n) is 16.8. The summed E-state index contributed by atoms with van der Waals surface area (Å²) in [6.07, 6.45) is 0.775. The van der Waals surface area contributed by atoms with Crippen molar-refractivity contribution in [2.45, 2.75) is 13.3 Å². The number of carbonyl (C=O) groups excluding carboxylic acids is 3. The SMILES string of the molecule is CCCOc1c(Cl)cc(C(=O)OCC(=O)Nc2ccccc2C(=O)OC)cc1OC. The molecule has 9 heteroatoms. The van der Waals surface area contributed by atoms with E-state index >= 15 is 0 Å². The molecule has 0 fully saturated rings. The summed E-state index contributed by atoms with van der Waals surface area (Å²) in [7, 11) is 2.66. The Labute approximate surface area is 179 Å². The average molecular weight is 436 g/mol. The number of hydrogen-bond donors (Lipinski definition) is 1. The number of methoxy groups -OCH3 is 2. The Morgan fingerprint density at radius 1 is 1.07 bits per heavy atom. The van der Waals surface area contributed by atoms with Gasteiger partial charge in [-0.2, -0.15) is 0 Å². The second-order valence-electron chi connectivity index (χ2n) is 6.00. The van der Waals surface area contributed by atoms with Gasteiger partial charge in [0.1, 0.15) is 0 Å². The van der Waals surface area contributed by atoms with Gasteiger partial charge in [-0.25, -0.2) is 9.59 Å². The third-order valence-corrected chi connectivity index (χ3v) is 4.14. The van der Waals surface area contributed by atoms with Gasteiger partial charge in [-0.15, -0.1) is 0 Å². The van der Waals surface area contributed by atoms with Crippen LogP contribution in [0.2, 0.25) is 5.02 Å². The van der Waals surface area contributed by atoms with E-state index in [0.29, 0.717) is 12.4 Å². The van der Waals surface area contributed by atoms with E-state index in [0.717, 1.165) is 6.42 Å². The van der Waals surface area contributed by atoms with Crippen molar-refractivity contribution in [1.82, 2.24) is 0 Å². The summed E-state index contributed by atoms with van der Waals surface area (Å²) in [6.45, 7) is 1.82. The quantitative estimate of drug-likeness (QED) is 0.599. The maximum atomic E-state index is 12.3. The highest BCUT2D eigenvalue weighted by molar-refractivity contribution is 6.32. The van der Waals surface area contributed by atoms with E-state index in [4.69, 9.17) is 25.8 Å². The minimum atomic E-state index is -0.770. The van der Waals surface area contributed by atoms with Gasteiger partial charge >= 0.3 is 11.9 Å². The van der Waals surface area contributed by atoms with E-state index in [9.17, 15) is 14.4 Å². The van der Waals surface area contributed by atoms with Crippen molar-refractivity contribution in [2.75, 3.05) is 32.8 Å². The van der Waals surface area contributed by atoms with E-state index in [1.165, 1.54) is 38.5 Å². The number of nitrogens with one attached hydrogen (secondary N) is 1. The molecule has 1 N–H and O–H groups in total. The van der Waals surface area contributed by atoms with Crippen molar-refractivity contribution in [3.63, 3.8) is 0 Å². The van der Waals surface area contributed by atoms with Crippen LogP contribution < -0.4 is 14.8 Å². The highest BCUT2D eigenvalue weighted by Gasteiger charge is 2.19. The summed E-state index contributed by atoms with van der Waals surface area (Å²) in [4.78, 5) is 36.3. The first-order valence-corrected chi connectivity index (χ1v) is 9.43. The zero-order valence-corrected chi connectivity index (χ0v) is 17.6. The molecule has 2 aromatic rings. The lowest BCUT2D eigenvalue weighted by Gasteiger charge is -2.13. The molecule has 0 saturated heterocycles. The molecule has 0 aliphatic rings. The molecule has 0 radical (unpaired) electrons. The molecule has 30 heavy (non-hydrogen) atoms. The van der Waals surface area contributed by atoms with Crippen LogP contribution in [0.4, 0.5) is 5.69 Å². The van der Waals surface area contributed by atoms with Gasteiger partial charge in [0.25, 0.3) is 5.91 Å². The molecule has 2 aromatic carbocycles. The van der Waals surface area contributed by atoms with Gasteiger partial charge in [0.05, 0.1) is 42.7 Å².